The molecule has 2 rings (SSSR count). The summed E-state index contributed by atoms with van der Waals surface area (Å²) in [5.41, 5.74) is 0.834. The lowest BCUT2D eigenvalue weighted by molar-refractivity contribution is 0.0627. The van der Waals surface area contributed by atoms with E-state index in [-0.39, 0.29) is 11.4 Å². The maximum absolute atomic E-state index is 12.6. The molecule has 0 aliphatic rings. The third-order valence-corrected chi connectivity index (χ3v) is 5.33. The van der Waals surface area contributed by atoms with Gasteiger partial charge in [0.2, 0.25) is 10.0 Å². The topological polar surface area (TPSA) is 75.6 Å². The van der Waals surface area contributed by atoms with E-state index in [1.54, 1.807) is 64.3 Å². The Hall–Kier alpha value is -1.89. The molecule has 5 nitrogen and oxygen atoms in total. The van der Waals surface area contributed by atoms with Crippen molar-refractivity contribution in [3.63, 3.8) is 0 Å². The largest absolute Gasteiger partial charge is 0.496 e. The molecule has 2 aromatic carbocycles. The summed E-state index contributed by atoms with van der Waals surface area (Å²) in [7, 11) is -2.18. The Bertz CT molecular complexity index is 791. The minimum absolute atomic E-state index is 0.122. The predicted molar refractivity (Wildman–Crippen MR) is 93.7 cm³/mol. The molecule has 130 valence electrons. The Balaban J connectivity index is 2.23. The van der Waals surface area contributed by atoms with E-state index in [0.717, 1.165) is 11.1 Å². The highest BCUT2D eigenvalue weighted by Crippen LogP contribution is 2.27. The number of aliphatic hydroxyl groups is 1. The van der Waals surface area contributed by atoms with Gasteiger partial charge in [0.15, 0.2) is 0 Å². The molecule has 0 amide bonds. The number of nitrogens with one attached hydrogen (secondary N) is 1. The lowest BCUT2D eigenvalue weighted by Gasteiger charge is -2.24. The summed E-state index contributed by atoms with van der Waals surface area (Å²) in [5, 5.41) is 10.5. The molecule has 24 heavy (non-hydrogen) atoms. The van der Waals surface area contributed by atoms with Crippen LogP contribution < -0.4 is 9.46 Å². The summed E-state index contributed by atoms with van der Waals surface area (Å²) in [6.45, 7) is 5.05. The zero-order valence-electron chi connectivity index (χ0n) is 14.3. The number of ether oxygens (including phenoxy) is 1. The number of benzene rings is 2. The van der Waals surface area contributed by atoms with Crippen LogP contribution in [0.4, 0.5) is 0 Å². The van der Waals surface area contributed by atoms with Crippen LogP contribution in [0, 0.1) is 13.8 Å². The fourth-order valence-corrected chi connectivity index (χ4v) is 3.91. The fourth-order valence-electron chi connectivity index (χ4n) is 2.61. The number of aryl methyl sites for hydroxylation is 2. The van der Waals surface area contributed by atoms with E-state index in [0.29, 0.717) is 11.3 Å². The molecule has 0 bridgehead atoms. The Labute approximate surface area is 143 Å². The first-order chi connectivity index (χ1) is 11.2. The second-order valence-electron chi connectivity index (χ2n) is 6.05. The summed E-state index contributed by atoms with van der Waals surface area (Å²) in [6, 6.07) is 12.1. The van der Waals surface area contributed by atoms with Gasteiger partial charge in [0.1, 0.15) is 11.4 Å². The van der Waals surface area contributed by atoms with Crippen molar-refractivity contribution < 1.29 is 18.3 Å². The normalized spacial score (nSPS) is 14.2. The van der Waals surface area contributed by atoms with Gasteiger partial charge in [-0.15, -0.1) is 0 Å². The molecule has 0 saturated heterocycles. The number of hydrogen-bond donors (Lipinski definition) is 2. The quantitative estimate of drug-likeness (QED) is 0.840. The Morgan fingerprint density at radius 3 is 2.17 bits per heavy atom. The van der Waals surface area contributed by atoms with Crippen LogP contribution in [-0.4, -0.2) is 27.2 Å². The second kappa shape index (κ2) is 6.93. The van der Waals surface area contributed by atoms with Crippen molar-refractivity contribution in [2.45, 2.75) is 31.3 Å². The summed E-state index contributed by atoms with van der Waals surface area (Å²) >= 11 is 0. The Morgan fingerprint density at radius 2 is 1.67 bits per heavy atom. The zero-order valence-corrected chi connectivity index (χ0v) is 15.1. The molecule has 6 heteroatoms. The van der Waals surface area contributed by atoms with Gasteiger partial charge in [-0.3, -0.25) is 0 Å². The van der Waals surface area contributed by atoms with E-state index in [1.165, 1.54) is 0 Å². The number of hydrogen-bond acceptors (Lipinski definition) is 4. The van der Waals surface area contributed by atoms with Crippen molar-refractivity contribution in [3.8, 4) is 5.75 Å². The number of rotatable bonds is 6. The van der Waals surface area contributed by atoms with Crippen LogP contribution in [-0.2, 0) is 15.6 Å². The van der Waals surface area contributed by atoms with Gasteiger partial charge in [-0.1, -0.05) is 30.3 Å². The highest BCUT2D eigenvalue weighted by Gasteiger charge is 2.26. The third kappa shape index (κ3) is 3.95. The molecule has 1 atom stereocenters. The van der Waals surface area contributed by atoms with Gasteiger partial charge in [-0.25, -0.2) is 13.1 Å². The van der Waals surface area contributed by atoms with E-state index in [4.69, 9.17) is 4.74 Å². The van der Waals surface area contributed by atoms with E-state index < -0.39 is 15.6 Å². The van der Waals surface area contributed by atoms with E-state index >= 15 is 0 Å². The van der Waals surface area contributed by atoms with Gasteiger partial charge in [0.25, 0.3) is 0 Å². The summed E-state index contributed by atoms with van der Waals surface area (Å²) in [6.07, 6.45) is 0. The van der Waals surface area contributed by atoms with Crippen LogP contribution in [0.15, 0.2) is 47.4 Å². The third-order valence-electron chi connectivity index (χ3n) is 3.95. The molecule has 2 aromatic rings. The minimum Gasteiger partial charge on any atom is -0.496 e. The molecule has 0 fully saturated rings. The number of sulfonamides is 1. The highest BCUT2D eigenvalue weighted by atomic mass is 32.2. The molecule has 0 spiro atoms. The maximum Gasteiger partial charge on any atom is 0.240 e. The minimum atomic E-state index is -3.74. The zero-order chi connectivity index (χ0) is 18.0. The van der Waals surface area contributed by atoms with E-state index in [2.05, 4.69) is 4.72 Å². The summed E-state index contributed by atoms with van der Waals surface area (Å²) < 4.78 is 32.9. The monoisotopic (exact) mass is 349 g/mol. The smallest absolute Gasteiger partial charge is 0.240 e. The van der Waals surface area contributed by atoms with Crippen molar-refractivity contribution in [2.75, 3.05) is 13.7 Å². The molecule has 0 aromatic heterocycles. The molecule has 0 aliphatic heterocycles. The van der Waals surface area contributed by atoms with Crippen molar-refractivity contribution in [3.05, 3.63) is 59.2 Å². The molecule has 0 aliphatic carbocycles. The molecular formula is C18H23NO4S. The highest BCUT2D eigenvalue weighted by molar-refractivity contribution is 7.89. The Morgan fingerprint density at radius 1 is 1.12 bits per heavy atom. The molecule has 0 radical (unpaired) electrons. The molecular weight excluding hydrogens is 326 g/mol. The lowest BCUT2D eigenvalue weighted by Crippen LogP contribution is -2.38. The van der Waals surface area contributed by atoms with Gasteiger partial charge >= 0.3 is 0 Å². The van der Waals surface area contributed by atoms with Crippen LogP contribution in [0.3, 0.4) is 0 Å². The van der Waals surface area contributed by atoms with Crippen molar-refractivity contribution >= 4 is 10.0 Å². The lowest BCUT2D eigenvalue weighted by atomic mass is 9.97. The van der Waals surface area contributed by atoms with Crippen LogP contribution in [0.5, 0.6) is 5.75 Å². The van der Waals surface area contributed by atoms with Crippen molar-refractivity contribution in [1.29, 1.82) is 0 Å². The first-order valence-corrected chi connectivity index (χ1v) is 9.08. The molecule has 2 N–H and O–H groups in total. The van der Waals surface area contributed by atoms with Crippen molar-refractivity contribution in [1.82, 2.24) is 4.72 Å². The van der Waals surface area contributed by atoms with Gasteiger partial charge in [-0.2, -0.15) is 0 Å². The standard InChI is InChI=1S/C18H23NO4S/c1-13-10-16(11-14(2)17(13)23-4)24(21,22)19-12-18(3,20)15-8-6-5-7-9-15/h5-11,19-20H,12H2,1-4H3. The average Bonchev–Trinajstić information content (AvgIpc) is 2.54. The summed E-state index contributed by atoms with van der Waals surface area (Å²) in [5.74, 6) is 0.672. The SMILES string of the molecule is COc1c(C)cc(S(=O)(=O)NCC(C)(O)c2ccccc2)cc1C. The first kappa shape index (κ1) is 18.4. The molecule has 0 saturated carbocycles. The van der Waals surface area contributed by atoms with Gasteiger partial charge in [0, 0.05) is 6.54 Å². The van der Waals surface area contributed by atoms with Crippen LogP contribution >= 0.6 is 0 Å². The Kier molecular flexibility index (Phi) is 5.32. The predicted octanol–water partition coefficient (Wildman–Crippen LogP) is 2.50. The van der Waals surface area contributed by atoms with Gasteiger partial charge in [-0.05, 0) is 49.6 Å². The fraction of sp³-hybridized carbons (Fsp3) is 0.333. The van der Waals surface area contributed by atoms with Crippen LogP contribution in [0.25, 0.3) is 0 Å². The van der Waals surface area contributed by atoms with Crippen LogP contribution in [0.1, 0.15) is 23.6 Å². The second-order valence-corrected chi connectivity index (χ2v) is 7.82. The van der Waals surface area contributed by atoms with Gasteiger partial charge in [0.05, 0.1) is 12.0 Å². The van der Waals surface area contributed by atoms with E-state index in [9.17, 15) is 13.5 Å². The van der Waals surface area contributed by atoms with Crippen molar-refractivity contribution in [2.24, 2.45) is 0 Å². The average molecular weight is 349 g/mol. The summed E-state index contributed by atoms with van der Waals surface area (Å²) in [4.78, 5) is 0.155. The maximum atomic E-state index is 12.6. The molecule has 1 unspecified atom stereocenters. The molecule has 0 heterocycles. The number of methoxy groups -OCH3 is 1. The van der Waals surface area contributed by atoms with Crippen LogP contribution in [0.2, 0.25) is 0 Å². The van der Waals surface area contributed by atoms with Gasteiger partial charge < -0.3 is 9.84 Å². The first-order valence-electron chi connectivity index (χ1n) is 7.60. The van der Waals surface area contributed by atoms with E-state index in [1.807, 2.05) is 6.07 Å².